The maximum atomic E-state index is 6.05. The van der Waals surface area contributed by atoms with Crippen molar-refractivity contribution in [2.75, 3.05) is 0 Å². The Balaban J connectivity index is 1.75. The molecular weight excluding hydrogens is 252 g/mol. The fourth-order valence-electron chi connectivity index (χ4n) is 2.92. The maximum Gasteiger partial charge on any atom is 0.234 e. The number of para-hydroxylation sites is 1. The molecule has 1 aromatic carbocycles. The molecule has 0 bridgehead atoms. The van der Waals surface area contributed by atoms with Crippen LogP contribution in [0.4, 0.5) is 0 Å². The molecule has 0 spiro atoms. The number of benzene rings is 1. The van der Waals surface area contributed by atoms with E-state index in [2.05, 4.69) is 30.1 Å². The molecule has 1 atom stereocenters. The minimum atomic E-state index is -0.215. The second-order valence-electron chi connectivity index (χ2n) is 6.42. The van der Waals surface area contributed by atoms with Crippen molar-refractivity contribution in [3.63, 3.8) is 0 Å². The molecule has 1 aliphatic carbocycles. The third-order valence-electron chi connectivity index (χ3n) is 4.07. The summed E-state index contributed by atoms with van der Waals surface area (Å²) in [5.74, 6) is 3.20. The molecule has 1 fully saturated rings. The lowest BCUT2D eigenvalue weighted by Crippen LogP contribution is -2.35. The molecule has 4 heteroatoms. The Hall–Kier alpha value is -1.84. The van der Waals surface area contributed by atoms with Crippen molar-refractivity contribution < 1.29 is 9.26 Å². The summed E-state index contributed by atoms with van der Waals surface area (Å²) in [7, 11) is 0. The highest BCUT2D eigenvalue weighted by Crippen LogP contribution is 2.44. The van der Waals surface area contributed by atoms with Crippen LogP contribution in [0.3, 0.4) is 0 Å². The van der Waals surface area contributed by atoms with Crippen molar-refractivity contribution >= 4 is 0 Å². The molecular formula is C16H18N2O2. The molecule has 4 nitrogen and oxygen atoms in total. The Morgan fingerprint density at radius 1 is 1.20 bits per heavy atom. The van der Waals surface area contributed by atoms with Gasteiger partial charge in [-0.2, -0.15) is 4.98 Å². The Kier molecular flexibility index (Phi) is 2.43. The number of hydrogen-bond acceptors (Lipinski definition) is 4. The molecule has 1 unspecified atom stereocenters. The van der Waals surface area contributed by atoms with Crippen molar-refractivity contribution in [2.24, 2.45) is 0 Å². The molecule has 4 rings (SSSR count). The van der Waals surface area contributed by atoms with E-state index in [1.807, 2.05) is 18.2 Å². The van der Waals surface area contributed by atoms with E-state index in [1.54, 1.807) is 0 Å². The minimum Gasteiger partial charge on any atom is -0.488 e. The van der Waals surface area contributed by atoms with Crippen molar-refractivity contribution in [3.05, 3.63) is 41.5 Å². The van der Waals surface area contributed by atoms with Crippen LogP contribution in [0, 0.1) is 0 Å². The molecule has 2 heterocycles. The molecule has 20 heavy (non-hydrogen) atoms. The lowest BCUT2D eigenvalue weighted by Gasteiger charge is -2.36. The van der Waals surface area contributed by atoms with Gasteiger partial charge in [0, 0.05) is 17.9 Å². The van der Waals surface area contributed by atoms with Crippen LogP contribution in [0.15, 0.2) is 28.8 Å². The van der Waals surface area contributed by atoms with Gasteiger partial charge in [0.05, 0.1) is 5.92 Å². The zero-order valence-corrected chi connectivity index (χ0v) is 11.8. The Labute approximate surface area is 118 Å². The second-order valence-corrected chi connectivity index (χ2v) is 6.42. The minimum absolute atomic E-state index is 0.134. The first kappa shape index (κ1) is 11.9. The van der Waals surface area contributed by atoms with Crippen molar-refractivity contribution in [1.82, 2.24) is 10.1 Å². The van der Waals surface area contributed by atoms with Crippen LogP contribution in [0.2, 0.25) is 0 Å². The lowest BCUT2D eigenvalue weighted by atomic mass is 9.84. The van der Waals surface area contributed by atoms with Crippen LogP contribution >= 0.6 is 0 Å². The van der Waals surface area contributed by atoms with Gasteiger partial charge in [0.25, 0.3) is 0 Å². The van der Waals surface area contributed by atoms with Crippen LogP contribution in [-0.2, 0) is 0 Å². The van der Waals surface area contributed by atoms with Gasteiger partial charge in [-0.05, 0) is 32.8 Å². The van der Waals surface area contributed by atoms with Crippen molar-refractivity contribution in [3.8, 4) is 5.75 Å². The third kappa shape index (κ3) is 1.99. The van der Waals surface area contributed by atoms with Gasteiger partial charge in [-0.15, -0.1) is 0 Å². The van der Waals surface area contributed by atoms with Gasteiger partial charge < -0.3 is 9.26 Å². The van der Waals surface area contributed by atoms with Crippen LogP contribution < -0.4 is 4.74 Å². The standard InChI is InChI=1S/C16H18N2O2/c1-16(2)9-12(11-5-3-4-6-13(11)19-16)15-17-14(18-20-15)10-7-8-10/h3-6,10,12H,7-9H2,1-2H3. The molecule has 0 N–H and O–H groups in total. The first-order valence-corrected chi connectivity index (χ1v) is 7.24. The summed E-state index contributed by atoms with van der Waals surface area (Å²) < 4.78 is 11.6. The van der Waals surface area contributed by atoms with Crippen molar-refractivity contribution in [2.45, 2.75) is 50.5 Å². The van der Waals surface area contributed by atoms with E-state index in [9.17, 15) is 0 Å². The number of aromatic nitrogens is 2. The maximum absolute atomic E-state index is 6.05. The molecule has 1 saturated carbocycles. The average molecular weight is 270 g/mol. The number of hydrogen-bond donors (Lipinski definition) is 0. The Morgan fingerprint density at radius 2 is 2.00 bits per heavy atom. The van der Waals surface area contributed by atoms with E-state index < -0.39 is 0 Å². The molecule has 0 radical (unpaired) electrons. The molecule has 1 aliphatic heterocycles. The van der Waals surface area contributed by atoms with Crippen molar-refractivity contribution in [1.29, 1.82) is 0 Å². The highest BCUT2D eigenvalue weighted by atomic mass is 16.5. The summed E-state index contributed by atoms with van der Waals surface area (Å²) in [6.45, 7) is 4.21. The monoisotopic (exact) mass is 270 g/mol. The van der Waals surface area contributed by atoms with E-state index >= 15 is 0 Å². The van der Waals surface area contributed by atoms with E-state index in [-0.39, 0.29) is 11.5 Å². The number of nitrogens with zero attached hydrogens (tertiary/aromatic N) is 2. The molecule has 2 aromatic rings. The summed E-state index contributed by atoms with van der Waals surface area (Å²) in [6, 6.07) is 8.14. The predicted molar refractivity (Wildman–Crippen MR) is 73.9 cm³/mol. The molecule has 2 aliphatic rings. The highest BCUT2D eigenvalue weighted by molar-refractivity contribution is 5.41. The van der Waals surface area contributed by atoms with Crippen LogP contribution in [-0.4, -0.2) is 15.7 Å². The quantitative estimate of drug-likeness (QED) is 0.836. The second kappa shape index (κ2) is 4.08. The molecule has 104 valence electrons. The first-order chi connectivity index (χ1) is 9.62. The van der Waals surface area contributed by atoms with Gasteiger partial charge in [-0.25, -0.2) is 0 Å². The van der Waals surface area contributed by atoms with Gasteiger partial charge in [0.1, 0.15) is 11.4 Å². The Bertz CT molecular complexity index is 643. The van der Waals surface area contributed by atoms with Crippen LogP contribution in [0.25, 0.3) is 0 Å². The summed E-state index contributed by atoms with van der Waals surface area (Å²) in [4.78, 5) is 4.63. The van der Waals surface area contributed by atoms with Crippen LogP contribution in [0.5, 0.6) is 5.75 Å². The third-order valence-corrected chi connectivity index (χ3v) is 4.07. The van der Waals surface area contributed by atoms with E-state index in [0.717, 1.165) is 29.4 Å². The summed E-state index contributed by atoms with van der Waals surface area (Å²) >= 11 is 0. The fourth-order valence-corrected chi connectivity index (χ4v) is 2.92. The van der Waals surface area contributed by atoms with Gasteiger partial charge in [0.15, 0.2) is 5.82 Å². The summed E-state index contributed by atoms with van der Waals surface area (Å²) in [5.41, 5.74) is 0.936. The van der Waals surface area contributed by atoms with Crippen LogP contribution in [0.1, 0.15) is 62.2 Å². The zero-order valence-electron chi connectivity index (χ0n) is 11.8. The molecule has 0 saturated heterocycles. The fraction of sp³-hybridized carbons (Fsp3) is 0.500. The highest BCUT2D eigenvalue weighted by Gasteiger charge is 2.38. The number of ether oxygens (including phenoxy) is 1. The molecule has 0 amide bonds. The zero-order chi connectivity index (χ0) is 13.7. The largest absolute Gasteiger partial charge is 0.488 e. The van der Waals surface area contributed by atoms with Gasteiger partial charge in [0.2, 0.25) is 5.89 Å². The lowest BCUT2D eigenvalue weighted by molar-refractivity contribution is 0.0725. The van der Waals surface area contributed by atoms with E-state index in [0.29, 0.717) is 5.92 Å². The smallest absolute Gasteiger partial charge is 0.234 e. The van der Waals surface area contributed by atoms with Gasteiger partial charge >= 0.3 is 0 Å². The summed E-state index contributed by atoms with van der Waals surface area (Å²) in [6.07, 6.45) is 3.24. The van der Waals surface area contributed by atoms with E-state index in [1.165, 1.54) is 12.8 Å². The number of rotatable bonds is 2. The normalized spacial score (nSPS) is 24.0. The first-order valence-electron chi connectivity index (χ1n) is 7.24. The Morgan fingerprint density at radius 3 is 2.80 bits per heavy atom. The predicted octanol–water partition coefficient (Wildman–Crippen LogP) is 3.64. The SMILES string of the molecule is CC1(C)CC(c2nc(C3CC3)no2)c2ccccc2O1. The average Bonchev–Trinajstić information content (AvgIpc) is 3.15. The summed E-state index contributed by atoms with van der Waals surface area (Å²) in [5, 5.41) is 4.15. The topological polar surface area (TPSA) is 48.2 Å². The molecule has 1 aromatic heterocycles. The van der Waals surface area contributed by atoms with Gasteiger partial charge in [-0.1, -0.05) is 23.4 Å². The number of fused-ring (bicyclic) bond motifs is 1. The van der Waals surface area contributed by atoms with E-state index in [4.69, 9.17) is 9.26 Å². The van der Waals surface area contributed by atoms with Gasteiger partial charge in [-0.3, -0.25) is 0 Å².